The Morgan fingerprint density at radius 3 is 2.95 bits per heavy atom. The molecule has 5 nitrogen and oxygen atoms in total. The van der Waals surface area contributed by atoms with Gasteiger partial charge in [0.15, 0.2) is 0 Å². The van der Waals surface area contributed by atoms with E-state index >= 15 is 0 Å². The Hall–Kier alpha value is -1.59. The van der Waals surface area contributed by atoms with Crippen molar-refractivity contribution in [2.45, 2.75) is 43.9 Å². The molecule has 116 valence electrons. The molecule has 0 spiro atoms. The lowest BCUT2D eigenvalue weighted by Gasteiger charge is -2.35. The van der Waals surface area contributed by atoms with Crippen LogP contribution in [0.15, 0.2) is 24.3 Å². The van der Waals surface area contributed by atoms with Crippen LogP contribution in [0.5, 0.6) is 5.75 Å². The number of rotatable bonds is 5. The van der Waals surface area contributed by atoms with Crippen LogP contribution in [0.2, 0.25) is 0 Å². The molecule has 0 saturated heterocycles. The zero-order valence-corrected chi connectivity index (χ0v) is 12.6. The predicted molar refractivity (Wildman–Crippen MR) is 79.0 cm³/mol. The molecule has 1 aliphatic rings. The van der Waals surface area contributed by atoms with Gasteiger partial charge in [-0.25, -0.2) is 0 Å². The Balaban J connectivity index is 2.02. The third-order valence-electron chi connectivity index (χ3n) is 3.85. The van der Waals surface area contributed by atoms with Gasteiger partial charge in [0.25, 0.3) is 0 Å². The minimum Gasteiger partial charge on any atom is -0.490 e. The smallest absolute Gasteiger partial charge is 0.325 e. The molecule has 0 heterocycles. The third kappa shape index (κ3) is 3.95. The lowest BCUT2D eigenvalue weighted by Crippen LogP contribution is -2.54. The molecule has 5 heteroatoms. The number of ether oxygens (including phenoxy) is 3. The fourth-order valence-corrected chi connectivity index (χ4v) is 2.81. The SMILES string of the molecule is COCc1cccc(OC2CCCC(N)(C(=O)OC)C2)c1. The second-order valence-electron chi connectivity index (χ2n) is 5.56. The van der Waals surface area contributed by atoms with Crippen molar-refractivity contribution in [3.8, 4) is 5.75 Å². The molecule has 1 saturated carbocycles. The highest BCUT2D eigenvalue weighted by Gasteiger charge is 2.41. The summed E-state index contributed by atoms with van der Waals surface area (Å²) < 4.78 is 15.9. The van der Waals surface area contributed by atoms with E-state index in [4.69, 9.17) is 19.9 Å². The van der Waals surface area contributed by atoms with Gasteiger partial charge in [0.05, 0.1) is 13.7 Å². The van der Waals surface area contributed by atoms with Gasteiger partial charge in [0.2, 0.25) is 0 Å². The second-order valence-corrected chi connectivity index (χ2v) is 5.56. The predicted octanol–water partition coefficient (Wildman–Crippen LogP) is 2.02. The Bertz CT molecular complexity index is 491. The van der Waals surface area contributed by atoms with Crippen LogP contribution >= 0.6 is 0 Å². The number of esters is 1. The van der Waals surface area contributed by atoms with Crippen molar-refractivity contribution in [2.24, 2.45) is 5.73 Å². The molecule has 2 rings (SSSR count). The number of carbonyl (C=O) groups is 1. The van der Waals surface area contributed by atoms with E-state index in [-0.39, 0.29) is 12.1 Å². The Labute approximate surface area is 125 Å². The zero-order chi connectivity index (χ0) is 15.3. The van der Waals surface area contributed by atoms with E-state index in [1.54, 1.807) is 7.11 Å². The molecule has 0 amide bonds. The highest BCUT2D eigenvalue weighted by Crippen LogP contribution is 2.30. The normalized spacial score (nSPS) is 25.4. The van der Waals surface area contributed by atoms with Crippen molar-refractivity contribution in [3.63, 3.8) is 0 Å². The summed E-state index contributed by atoms with van der Waals surface area (Å²) in [6.45, 7) is 0.546. The average molecular weight is 293 g/mol. The van der Waals surface area contributed by atoms with Gasteiger partial charge >= 0.3 is 5.97 Å². The maximum absolute atomic E-state index is 11.8. The number of benzene rings is 1. The lowest BCUT2D eigenvalue weighted by atomic mass is 9.81. The molecule has 21 heavy (non-hydrogen) atoms. The van der Waals surface area contributed by atoms with Crippen molar-refractivity contribution in [1.29, 1.82) is 0 Å². The molecule has 1 fully saturated rings. The van der Waals surface area contributed by atoms with E-state index in [1.807, 2.05) is 24.3 Å². The minimum atomic E-state index is -0.929. The van der Waals surface area contributed by atoms with Crippen molar-refractivity contribution >= 4 is 5.97 Å². The van der Waals surface area contributed by atoms with Gasteiger partial charge < -0.3 is 19.9 Å². The second kappa shape index (κ2) is 6.91. The highest BCUT2D eigenvalue weighted by molar-refractivity contribution is 5.80. The average Bonchev–Trinajstić information content (AvgIpc) is 2.47. The van der Waals surface area contributed by atoms with Crippen LogP contribution in [0.3, 0.4) is 0 Å². The Morgan fingerprint density at radius 1 is 1.43 bits per heavy atom. The molecule has 2 N–H and O–H groups in total. The molecule has 0 aliphatic heterocycles. The third-order valence-corrected chi connectivity index (χ3v) is 3.85. The largest absolute Gasteiger partial charge is 0.490 e. The van der Waals surface area contributed by atoms with Crippen LogP contribution < -0.4 is 10.5 Å². The van der Waals surface area contributed by atoms with E-state index in [9.17, 15) is 4.79 Å². The van der Waals surface area contributed by atoms with E-state index in [2.05, 4.69) is 0 Å². The number of carbonyl (C=O) groups excluding carboxylic acids is 1. The number of nitrogens with two attached hydrogens (primary N) is 1. The first kappa shape index (κ1) is 15.8. The molecule has 1 aliphatic carbocycles. The van der Waals surface area contributed by atoms with Crippen molar-refractivity contribution in [2.75, 3.05) is 14.2 Å². The number of hydrogen-bond acceptors (Lipinski definition) is 5. The first-order chi connectivity index (χ1) is 10.1. The van der Waals surface area contributed by atoms with Gasteiger partial charge in [-0.05, 0) is 37.0 Å². The summed E-state index contributed by atoms with van der Waals surface area (Å²) in [6.07, 6.45) is 2.80. The summed E-state index contributed by atoms with van der Waals surface area (Å²) in [4.78, 5) is 11.8. The summed E-state index contributed by atoms with van der Waals surface area (Å²) in [7, 11) is 3.03. The summed E-state index contributed by atoms with van der Waals surface area (Å²) in [6, 6.07) is 7.78. The molecule has 2 unspecified atom stereocenters. The van der Waals surface area contributed by atoms with E-state index in [0.29, 0.717) is 19.4 Å². The molecule has 0 radical (unpaired) electrons. The molecular formula is C16H23NO4. The molecule has 1 aromatic carbocycles. The van der Waals surface area contributed by atoms with Crippen molar-refractivity contribution in [1.82, 2.24) is 0 Å². The maximum Gasteiger partial charge on any atom is 0.325 e. The van der Waals surface area contributed by atoms with E-state index in [1.165, 1.54) is 7.11 Å². The monoisotopic (exact) mass is 293 g/mol. The number of hydrogen-bond donors (Lipinski definition) is 1. The maximum atomic E-state index is 11.8. The van der Waals surface area contributed by atoms with E-state index in [0.717, 1.165) is 24.2 Å². The van der Waals surface area contributed by atoms with E-state index < -0.39 is 5.54 Å². The highest BCUT2D eigenvalue weighted by atomic mass is 16.5. The van der Waals surface area contributed by atoms with Gasteiger partial charge in [-0.3, -0.25) is 4.79 Å². The molecule has 0 aromatic heterocycles. The molecule has 0 bridgehead atoms. The first-order valence-corrected chi connectivity index (χ1v) is 7.19. The first-order valence-electron chi connectivity index (χ1n) is 7.19. The Kier molecular flexibility index (Phi) is 5.20. The summed E-state index contributed by atoms with van der Waals surface area (Å²) in [5, 5.41) is 0. The van der Waals surface area contributed by atoms with Crippen LogP contribution in [-0.2, 0) is 20.9 Å². The van der Waals surface area contributed by atoms with Crippen LogP contribution in [0.25, 0.3) is 0 Å². The van der Waals surface area contributed by atoms with Crippen LogP contribution in [-0.4, -0.2) is 31.8 Å². The van der Waals surface area contributed by atoms with Crippen molar-refractivity contribution < 1.29 is 19.0 Å². The fraction of sp³-hybridized carbons (Fsp3) is 0.562. The van der Waals surface area contributed by atoms with Crippen LogP contribution in [0, 0.1) is 0 Å². The molecule has 2 atom stereocenters. The molecular weight excluding hydrogens is 270 g/mol. The number of methoxy groups -OCH3 is 2. The van der Waals surface area contributed by atoms with Gasteiger partial charge in [-0.1, -0.05) is 12.1 Å². The molecule has 1 aromatic rings. The quantitative estimate of drug-likeness (QED) is 0.841. The van der Waals surface area contributed by atoms with Gasteiger partial charge in [-0.2, -0.15) is 0 Å². The van der Waals surface area contributed by atoms with Gasteiger partial charge in [0, 0.05) is 13.5 Å². The van der Waals surface area contributed by atoms with Crippen molar-refractivity contribution in [3.05, 3.63) is 29.8 Å². The standard InChI is InChI=1S/C16H23NO4/c1-19-11-12-5-3-6-13(9-12)21-14-7-4-8-16(17,10-14)15(18)20-2/h3,5-6,9,14H,4,7-8,10-11,17H2,1-2H3. The summed E-state index contributed by atoms with van der Waals surface area (Å²) >= 11 is 0. The lowest BCUT2D eigenvalue weighted by molar-refractivity contribution is -0.149. The van der Waals surface area contributed by atoms with Crippen LogP contribution in [0.4, 0.5) is 0 Å². The Morgan fingerprint density at radius 2 is 2.24 bits per heavy atom. The van der Waals surface area contributed by atoms with Crippen LogP contribution in [0.1, 0.15) is 31.2 Å². The zero-order valence-electron chi connectivity index (χ0n) is 12.6. The topological polar surface area (TPSA) is 70.8 Å². The van der Waals surface area contributed by atoms with Gasteiger partial charge in [0.1, 0.15) is 17.4 Å². The fourth-order valence-electron chi connectivity index (χ4n) is 2.81. The minimum absolute atomic E-state index is 0.0688. The summed E-state index contributed by atoms with van der Waals surface area (Å²) in [5.41, 5.74) is 6.28. The summed E-state index contributed by atoms with van der Waals surface area (Å²) in [5.74, 6) is 0.424. The van der Waals surface area contributed by atoms with Gasteiger partial charge in [-0.15, -0.1) is 0 Å².